The number of carboxylic acid groups (broad SMARTS) is 1. The molecule has 102 valence electrons. The molecule has 0 radical (unpaired) electrons. The third-order valence-corrected chi connectivity index (χ3v) is 3.31. The first-order valence-electron chi connectivity index (χ1n) is 5.79. The number of aromatic nitrogens is 1. The van der Waals surface area contributed by atoms with Gasteiger partial charge in [0.1, 0.15) is 0 Å². The van der Waals surface area contributed by atoms with Crippen molar-refractivity contribution in [3.8, 4) is 0 Å². The molecule has 0 aliphatic rings. The molecule has 0 saturated carbocycles. The van der Waals surface area contributed by atoms with Crippen LogP contribution in [-0.4, -0.2) is 22.0 Å². The number of rotatable bonds is 4. The summed E-state index contributed by atoms with van der Waals surface area (Å²) in [5, 5.41) is 13.6. The number of amides is 1. The summed E-state index contributed by atoms with van der Waals surface area (Å²) in [5.74, 6) is -1.25. The van der Waals surface area contributed by atoms with Gasteiger partial charge in [0.2, 0.25) is 0 Å². The summed E-state index contributed by atoms with van der Waals surface area (Å²) >= 11 is 1.37. The molecule has 2 aromatic rings. The van der Waals surface area contributed by atoms with Gasteiger partial charge in [-0.2, -0.15) is 0 Å². The summed E-state index contributed by atoms with van der Waals surface area (Å²) in [4.78, 5) is 26.5. The Balaban J connectivity index is 2.05. The van der Waals surface area contributed by atoms with Gasteiger partial charge in [0, 0.05) is 17.0 Å². The van der Waals surface area contributed by atoms with Crippen molar-refractivity contribution >= 4 is 34.4 Å². The molecule has 0 saturated heterocycles. The first-order chi connectivity index (χ1) is 9.54. The van der Waals surface area contributed by atoms with E-state index in [1.807, 2.05) is 12.3 Å². The maximum Gasteiger partial charge on any atom is 0.328 e. The van der Waals surface area contributed by atoms with Gasteiger partial charge in [0.25, 0.3) is 5.91 Å². The second-order valence-electron chi connectivity index (χ2n) is 4.04. The second-order valence-corrected chi connectivity index (χ2v) is 4.90. The standard InChI is InChI=1S/C14H12N2O3S/c1-9-8-20-14(15-9)16-13(19)11-5-2-10(3-6-11)4-7-12(17)18/h2-8H,1H3,(H,17,18)(H,15,16,19). The summed E-state index contributed by atoms with van der Waals surface area (Å²) in [6.45, 7) is 1.86. The minimum Gasteiger partial charge on any atom is -0.478 e. The molecular formula is C14H12N2O3S. The maximum atomic E-state index is 11.9. The maximum absolute atomic E-state index is 11.9. The number of benzene rings is 1. The number of thiazole rings is 1. The SMILES string of the molecule is Cc1csc(NC(=O)c2ccc(C=CC(=O)O)cc2)n1. The molecular weight excluding hydrogens is 276 g/mol. The molecule has 2 rings (SSSR count). The van der Waals surface area contributed by atoms with Gasteiger partial charge in [-0.3, -0.25) is 10.1 Å². The Kier molecular flexibility index (Phi) is 4.27. The first-order valence-corrected chi connectivity index (χ1v) is 6.67. The van der Waals surface area contributed by atoms with E-state index in [0.29, 0.717) is 16.3 Å². The summed E-state index contributed by atoms with van der Waals surface area (Å²) in [6.07, 6.45) is 2.52. The Morgan fingerprint density at radius 1 is 1.30 bits per heavy atom. The highest BCUT2D eigenvalue weighted by molar-refractivity contribution is 7.13. The van der Waals surface area contributed by atoms with E-state index in [2.05, 4.69) is 10.3 Å². The summed E-state index contributed by atoms with van der Waals surface area (Å²) in [5.41, 5.74) is 2.07. The third kappa shape index (κ3) is 3.76. The number of aliphatic carboxylic acids is 1. The van der Waals surface area contributed by atoms with Crippen molar-refractivity contribution in [3.05, 3.63) is 52.5 Å². The van der Waals surface area contributed by atoms with Crippen molar-refractivity contribution in [2.75, 3.05) is 5.32 Å². The molecule has 2 N–H and O–H groups in total. The number of anilines is 1. The molecule has 1 heterocycles. The first kappa shape index (κ1) is 14.0. The van der Waals surface area contributed by atoms with Crippen LogP contribution in [0, 0.1) is 6.92 Å². The van der Waals surface area contributed by atoms with Crippen LogP contribution < -0.4 is 5.32 Å². The molecule has 1 amide bonds. The number of nitrogens with zero attached hydrogens (tertiary/aromatic N) is 1. The number of hydrogen-bond donors (Lipinski definition) is 2. The van der Waals surface area contributed by atoms with Gasteiger partial charge in [0.15, 0.2) is 5.13 Å². The Morgan fingerprint density at radius 2 is 2.00 bits per heavy atom. The molecule has 1 aromatic heterocycles. The van der Waals surface area contributed by atoms with Gasteiger partial charge in [-0.05, 0) is 30.7 Å². The van der Waals surface area contributed by atoms with Crippen molar-refractivity contribution in [1.29, 1.82) is 0 Å². The van der Waals surface area contributed by atoms with Gasteiger partial charge in [-0.25, -0.2) is 9.78 Å². The van der Waals surface area contributed by atoms with E-state index < -0.39 is 5.97 Å². The molecule has 5 nitrogen and oxygen atoms in total. The average molecular weight is 288 g/mol. The largest absolute Gasteiger partial charge is 0.478 e. The van der Waals surface area contributed by atoms with Crippen molar-refractivity contribution in [2.45, 2.75) is 6.92 Å². The van der Waals surface area contributed by atoms with Crippen molar-refractivity contribution < 1.29 is 14.7 Å². The lowest BCUT2D eigenvalue weighted by molar-refractivity contribution is -0.131. The highest BCUT2D eigenvalue weighted by atomic mass is 32.1. The van der Waals surface area contributed by atoms with Crippen molar-refractivity contribution in [1.82, 2.24) is 4.98 Å². The predicted octanol–water partition coefficient (Wildman–Crippen LogP) is 2.80. The number of hydrogen-bond acceptors (Lipinski definition) is 4. The fourth-order valence-electron chi connectivity index (χ4n) is 1.49. The Hall–Kier alpha value is -2.47. The van der Waals surface area contributed by atoms with Crippen LogP contribution in [0.1, 0.15) is 21.6 Å². The van der Waals surface area contributed by atoms with E-state index in [-0.39, 0.29) is 5.91 Å². The number of aryl methyl sites for hydroxylation is 1. The topological polar surface area (TPSA) is 79.3 Å². The zero-order chi connectivity index (χ0) is 14.5. The molecule has 0 fully saturated rings. The summed E-state index contributed by atoms with van der Waals surface area (Å²) in [7, 11) is 0. The van der Waals surface area contributed by atoms with Crippen LogP contribution >= 0.6 is 11.3 Å². The lowest BCUT2D eigenvalue weighted by Crippen LogP contribution is -2.11. The van der Waals surface area contributed by atoms with Crippen LogP contribution in [0.25, 0.3) is 6.08 Å². The van der Waals surface area contributed by atoms with Gasteiger partial charge >= 0.3 is 5.97 Å². The Labute approximate surface area is 119 Å². The number of nitrogens with one attached hydrogen (secondary N) is 1. The molecule has 0 spiro atoms. The van der Waals surface area contributed by atoms with E-state index >= 15 is 0 Å². The van der Waals surface area contributed by atoms with Crippen LogP contribution in [0.4, 0.5) is 5.13 Å². The fourth-order valence-corrected chi connectivity index (χ4v) is 2.18. The fraction of sp³-hybridized carbons (Fsp3) is 0.0714. The quantitative estimate of drug-likeness (QED) is 0.848. The van der Waals surface area contributed by atoms with Crippen LogP contribution in [0.15, 0.2) is 35.7 Å². The normalized spacial score (nSPS) is 10.7. The molecule has 20 heavy (non-hydrogen) atoms. The van der Waals surface area contributed by atoms with E-state index in [1.165, 1.54) is 17.4 Å². The minimum absolute atomic E-state index is 0.242. The van der Waals surface area contributed by atoms with Crippen molar-refractivity contribution in [3.63, 3.8) is 0 Å². The zero-order valence-corrected chi connectivity index (χ0v) is 11.5. The van der Waals surface area contributed by atoms with E-state index in [4.69, 9.17) is 5.11 Å². The molecule has 0 aliphatic heterocycles. The van der Waals surface area contributed by atoms with Crippen molar-refractivity contribution in [2.24, 2.45) is 0 Å². The lowest BCUT2D eigenvalue weighted by Gasteiger charge is -2.02. The lowest BCUT2D eigenvalue weighted by atomic mass is 10.1. The Morgan fingerprint density at radius 3 is 2.55 bits per heavy atom. The van der Waals surface area contributed by atoms with Gasteiger partial charge in [0.05, 0.1) is 5.69 Å². The highest BCUT2D eigenvalue weighted by Crippen LogP contribution is 2.16. The van der Waals surface area contributed by atoms with E-state index in [0.717, 1.165) is 11.8 Å². The predicted molar refractivity (Wildman–Crippen MR) is 77.9 cm³/mol. The van der Waals surface area contributed by atoms with E-state index in [1.54, 1.807) is 24.3 Å². The van der Waals surface area contributed by atoms with Gasteiger partial charge in [-0.15, -0.1) is 11.3 Å². The van der Waals surface area contributed by atoms with Crippen LogP contribution in [-0.2, 0) is 4.79 Å². The van der Waals surface area contributed by atoms with Crippen LogP contribution in [0.5, 0.6) is 0 Å². The number of carbonyl (C=O) groups is 2. The molecule has 0 unspecified atom stereocenters. The highest BCUT2D eigenvalue weighted by Gasteiger charge is 2.07. The number of carboxylic acids is 1. The molecule has 0 bridgehead atoms. The average Bonchev–Trinajstić information content (AvgIpc) is 2.82. The molecule has 0 aliphatic carbocycles. The molecule has 6 heteroatoms. The molecule has 0 atom stereocenters. The second kappa shape index (κ2) is 6.12. The van der Waals surface area contributed by atoms with Gasteiger partial charge in [-0.1, -0.05) is 12.1 Å². The third-order valence-electron chi connectivity index (χ3n) is 2.43. The summed E-state index contributed by atoms with van der Waals surface area (Å²) in [6, 6.07) is 6.64. The smallest absolute Gasteiger partial charge is 0.328 e. The van der Waals surface area contributed by atoms with Crippen LogP contribution in [0.2, 0.25) is 0 Å². The van der Waals surface area contributed by atoms with Crippen LogP contribution in [0.3, 0.4) is 0 Å². The zero-order valence-electron chi connectivity index (χ0n) is 10.7. The summed E-state index contributed by atoms with van der Waals surface area (Å²) < 4.78 is 0. The van der Waals surface area contributed by atoms with Gasteiger partial charge < -0.3 is 5.11 Å². The Bertz CT molecular complexity index is 659. The van der Waals surface area contributed by atoms with E-state index in [9.17, 15) is 9.59 Å². The number of carbonyl (C=O) groups excluding carboxylic acids is 1. The molecule has 1 aromatic carbocycles. The monoisotopic (exact) mass is 288 g/mol. The minimum atomic E-state index is -1.01.